The lowest BCUT2D eigenvalue weighted by Gasteiger charge is -2.21. The van der Waals surface area contributed by atoms with Gasteiger partial charge in [0.15, 0.2) is 5.11 Å². The predicted octanol–water partition coefficient (Wildman–Crippen LogP) is 2.09. The molecule has 130 valence electrons. The van der Waals surface area contributed by atoms with Crippen LogP contribution in [0.1, 0.15) is 26.3 Å². The summed E-state index contributed by atoms with van der Waals surface area (Å²) in [5, 5.41) is 5.99. The molecule has 7 heteroatoms. The van der Waals surface area contributed by atoms with Crippen LogP contribution in [0.3, 0.4) is 0 Å². The maximum Gasteiger partial charge on any atom is 0.231 e. The van der Waals surface area contributed by atoms with Crippen molar-refractivity contribution in [2.45, 2.75) is 32.9 Å². The summed E-state index contributed by atoms with van der Waals surface area (Å²) in [7, 11) is 0. The molecule has 1 amide bonds. The Kier molecular flexibility index (Phi) is 4.67. The Hall–Kier alpha value is -2.54. The second kappa shape index (κ2) is 6.76. The number of carbonyl (C=O) groups is 1. The lowest BCUT2D eigenvalue weighted by molar-refractivity contribution is -0.126. The second-order valence-corrected chi connectivity index (χ2v) is 7.29. The number of allylic oxidation sites excluding steroid dienone is 1. The topological polar surface area (TPSA) is 75.6 Å². The quantitative estimate of drug-likeness (QED) is 0.794. The third kappa shape index (κ3) is 4.11. The van der Waals surface area contributed by atoms with Crippen LogP contribution < -0.4 is 10.6 Å². The van der Waals surface area contributed by atoms with Gasteiger partial charge in [-0.1, -0.05) is 20.8 Å². The van der Waals surface area contributed by atoms with Crippen LogP contribution in [-0.4, -0.2) is 34.0 Å². The number of amides is 1. The first-order valence-corrected chi connectivity index (χ1v) is 8.41. The number of aliphatic imine (C=N–C) groups is 1. The zero-order valence-electron chi connectivity index (χ0n) is 14.3. The molecule has 0 aromatic carbocycles. The minimum absolute atomic E-state index is 0.128. The van der Waals surface area contributed by atoms with E-state index in [0.29, 0.717) is 5.90 Å². The van der Waals surface area contributed by atoms with Gasteiger partial charge in [-0.25, -0.2) is 4.99 Å². The molecule has 0 spiro atoms. The van der Waals surface area contributed by atoms with Crippen molar-refractivity contribution in [1.82, 2.24) is 15.6 Å². The molecule has 2 N–H and O–H groups in total. The van der Waals surface area contributed by atoms with Crippen LogP contribution in [0.25, 0.3) is 0 Å². The van der Waals surface area contributed by atoms with E-state index in [0.717, 1.165) is 11.3 Å². The predicted molar refractivity (Wildman–Crippen MR) is 100.0 cm³/mol. The number of nitrogens with one attached hydrogen (secondary N) is 2. The molecule has 2 aliphatic rings. The maximum atomic E-state index is 12.0. The average molecular weight is 356 g/mol. The molecule has 0 bridgehead atoms. The highest BCUT2D eigenvalue weighted by Gasteiger charge is 2.30. The molecule has 1 aromatic heterocycles. The minimum atomic E-state index is -0.503. The summed E-state index contributed by atoms with van der Waals surface area (Å²) in [4.78, 5) is 20.6. The van der Waals surface area contributed by atoms with E-state index < -0.39 is 5.41 Å². The molecule has 2 heterocycles. The van der Waals surface area contributed by atoms with Gasteiger partial charge in [-0.3, -0.25) is 9.78 Å². The van der Waals surface area contributed by atoms with E-state index in [1.54, 1.807) is 12.4 Å². The Balaban J connectivity index is 1.66. The van der Waals surface area contributed by atoms with E-state index in [4.69, 9.17) is 17.0 Å². The zero-order chi connectivity index (χ0) is 18.0. The van der Waals surface area contributed by atoms with Gasteiger partial charge in [0.05, 0.1) is 0 Å². The van der Waals surface area contributed by atoms with E-state index in [1.165, 1.54) is 0 Å². The van der Waals surface area contributed by atoms with Crippen LogP contribution in [0.2, 0.25) is 0 Å². The molecule has 2 atom stereocenters. The highest BCUT2D eigenvalue weighted by atomic mass is 32.1. The summed E-state index contributed by atoms with van der Waals surface area (Å²) >= 11 is 5.21. The molecule has 3 rings (SSSR count). The summed E-state index contributed by atoms with van der Waals surface area (Å²) in [5.74, 6) is 0.466. The number of rotatable bonds is 2. The number of fused-ring (bicyclic) bond motifs is 1. The van der Waals surface area contributed by atoms with Crippen LogP contribution in [0, 0.1) is 5.41 Å². The van der Waals surface area contributed by atoms with Crippen LogP contribution in [-0.2, 0) is 9.53 Å². The number of thiocarbonyl (C=S) groups is 1. The fourth-order valence-electron chi connectivity index (χ4n) is 2.33. The SMILES string of the molecule is CC(C)(C)C(=O)NC(=S)NC1=C[C@@H]2N=C(c3ccncc3)O[C@@H]2C=C1. The van der Waals surface area contributed by atoms with Crippen molar-refractivity contribution >= 4 is 29.1 Å². The van der Waals surface area contributed by atoms with Gasteiger partial charge in [0, 0.05) is 29.1 Å². The highest BCUT2D eigenvalue weighted by Crippen LogP contribution is 2.24. The van der Waals surface area contributed by atoms with Gasteiger partial charge in [0.1, 0.15) is 12.1 Å². The summed E-state index contributed by atoms with van der Waals surface area (Å²) in [6.45, 7) is 5.50. The van der Waals surface area contributed by atoms with Crippen molar-refractivity contribution in [3.8, 4) is 0 Å². The van der Waals surface area contributed by atoms with Crippen LogP contribution in [0.4, 0.5) is 0 Å². The molecule has 1 aromatic rings. The Morgan fingerprint density at radius 3 is 2.68 bits per heavy atom. The molecule has 0 radical (unpaired) electrons. The van der Waals surface area contributed by atoms with Crippen molar-refractivity contribution in [2.24, 2.45) is 10.4 Å². The summed E-state index contributed by atoms with van der Waals surface area (Å²) in [6, 6.07) is 3.59. The van der Waals surface area contributed by atoms with E-state index in [2.05, 4.69) is 20.6 Å². The number of aromatic nitrogens is 1. The number of ether oxygens (including phenoxy) is 1. The van der Waals surface area contributed by atoms with Gasteiger partial charge in [-0.15, -0.1) is 0 Å². The molecule has 1 aliphatic heterocycles. The first-order valence-electron chi connectivity index (χ1n) is 8.00. The molecule has 0 fully saturated rings. The van der Waals surface area contributed by atoms with Gasteiger partial charge in [-0.05, 0) is 42.6 Å². The standard InChI is InChI=1S/C18H20N4O2S/c1-18(2,3)16(23)22-17(25)20-12-4-5-14-13(10-12)21-15(24-14)11-6-8-19-9-7-11/h4-10,13-14H,1-3H3,(H2,20,22,23,25)/t13-,14+/m0/s1. The lowest BCUT2D eigenvalue weighted by Crippen LogP contribution is -2.44. The third-order valence-electron chi connectivity index (χ3n) is 3.76. The van der Waals surface area contributed by atoms with Gasteiger partial charge in [0.25, 0.3) is 0 Å². The molecule has 1 aliphatic carbocycles. The number of hydrogen-bond acceptors (Lipinski definition) is 5. The number of pyridine rings is 1. The molecule has 6 nitrogen and oxygen atoms in total. The van der Waals surface area contributed by atoms with Crippen molar-refractivity contribution in [1.29, 1.82) is 0 Å². The first-order chi connectivity index (χ1) is 11.8. The normalized spacial score (nSPS) is 21.6. The van der Waals surface area contributed by atoms with Crippen LogP contribution in [0.5, 0.6) is 0 Å². The highest BCUT2D eigenvalue weighted by molar-refractivity contribution is 7.80. The summed E-state index contributed by atoms with van der Waals surface area (Å²) < 4.78 is 5.87. The fourth-order valence-corrected chi connectivity index (χ4v) is 2.55. The number of carbonyl (C=O) groups excluding carboxylic acids is 1. The second-order valence-electron chi connectivity index (χ2n) is 6.88. The number of nitrogens with zero attached hydrogens (tertiary/aromatic N) is 2. The summed E-state index contributed by atoms with van der Waals surface area (Å²) in [6.07, 6.45) is 9.03. The monoisotopic (exact) mass is 356 g/mol. The van der Waals surface area contributed by atoms with Crippen LogP contribution >= 0.6 is 12.2 Å². The average Bonchev–Trinajstić information content (AvgIpc) is 2.98. The lowest BCUT2D eigenvalue weighted by atomic mass is 9.96. The molecule has 25 heavy (non-hydrogen) atoms. The van der Waals surface area contributed by atoms with Gasteiger partial charge in [-0.2, -0.15) is 0 Å². The molecular formula is C18H20N4O2S. The Morgan fingerprint density at radius 1 is 1.28 bits per heavy atom. The van der Waals surface area contributed by atoms with Crippen molar-refractivity contribution in [2.75, 3.05) is 0 Å². The van der Waals surface area contributed by atoms with E-state index >= 15 is 0 Å². The van der Waals surface area contributed by atoms with Crippen molar-refractivity contribution in [3.05, 3.63) is 54.0 Å². The molecular weight excluding hydrogens is 336 g/mol. The smallest absolute Gasteiger partial charge is 0.231 e. The fraction of sp³-hybridized carbons (Fsp3) is 0.333. The van der Waals surface area contributed by atoms with Crippen LogP contribution in [0.15, 0.2) is 53.4 Å². The maximum absolute atomic E-state index is 12.0. The van der Waals surface area contributed by atoms with Gasteiger partial charge in [0.2, 0.25) is 11.8 Å². The van der Waals surface area contributed by atoms with Crippen molar-refractivity contribution in [3.63, 3.8) is 0 Å². The van der Waals surface area contributed by atoms with Crippen molar-refractivity contribution < 1.29 is 9.53 Å². The third-order valence-corrected chi connectivity index (χ3v) is 3.96. The van der Waals surface area contributed by atoms with E-state index in [1.807, 2.05) is 51.1 Å². The first kappa shape index (κ1) is 17.3. The number of hydrogen-bond donors (Lipinski definition) is 2. The van der Waals surface area contributed by atoms with Gasteiger partial charge < -0.3 is 15.4 Å². The van der Waals surface area contributed by atoms with E-state index in [-0.39, 0.29) is 23.2 Å². The molecule has 0 saturated heterocycles. The Bertz CT molecular complexity index is 778. The molecule has 0 saturated carbocycles. The zero-order valence-corrected chi connectivity index (χ0v) is 15.1. The van der Waals surface area contributed by atoms with Gasteiger partial charge >= 0.3 is 0 Å². The minimum Gasteiger partial charge on any atom is -0.467 e. The summed E-state index contributed by atoms with van der Waals surface area (Å²) in [5.41, 5.74) is 1.17. The Morgan fingerprint density at radius 2 is 2.00 bits per heavy atom. The van der Waals surface area contributed by atoms with E-state index in [9.17, 15) is 4.79 Å². The molecule has 0 unspecified atom stereocenters. The largest absolute Gasteiger partial charge is 0.467 e. The Labute approximate surface area is 152 Å².